The van der Waals surface area contributed by atoms with Gasteiger partial charge in [0.05, 0.1) is 15.9 Å². The van der Waals surface area contributed by atoms with E-state index in [9.17, 15) is 4.39 Å². The number of hydrogen-bond donors (Lipinski definition) is 1. The summed E-state index contributed by atoms with van der Waals surface area (Å²) in [6.45, 7) is 2.00. The first-order valence-electron chi connectivity index (χ1n) is 5.12. The number of nitrogens with one attached hydrogen (secondary N) is 1. The standard InChI is InChI=1S/C12H12ClFN2/c1-3-7-6-10(15-2)11-9(14)5-4-8(13)12(11)16-7/h4-6H,3H2,1-2H3,(H,15,16). The Morgan fingerprint density at radius 2 is 2.19 bits per heavy atom. The van der Waals surface area contributed by atoms with Gasteiger partial charge in [0.2, 0.25) is 0 Å². The van der Waals surface area contributed by atoms with E-state index in [4.69, 9.17) is 11.6 Å². The quantitative estimate of drug-likeness (QED) is 0.864. The minimum absolute atomic E-state index is 0.307. The number of fused-ring (bicyclic) bond motifs is 1. The number of aryl methyl sites for hydroxylation is 1. The van der Waals surface area contributed by atoms with Crippen molar-refractivity contribution in [1.29, 1.82) is 0 Å². The number of anilines is 1. The molecule has 0 aliphatic heterocycles. The molecule has 2 nitrogen and oxygen atoms in total. The van der Waals surface area contributed by atoms with Gasteiger partial charge in [0.25, 0.3) is 0 Å². The molecule has 2 aromatic rings. The van der Waals surface area contributed by atoms with Gasteiger partial charge in [-0.05, 0) is 24.6 Å². The van der Waals surface area contributed by atoms with Crippen molar-refractivity contribution in [3.05, 3.63) is 34.7 Å². The summed E-state index contributed by atoms with van der Waals surface area (Å²) in [6.07, 6.45) is 0.789. The number of rotatable bonds is 2. The zero-order chi connectivity index (χ0) is 11.7. The molecule has 1 heterocycles. The van der Waals surface area contributed by atoms with Gasteiger partial charge in [-0.2, -0.15) is 0 Å². The Kier molecular flexibility index (Phi) is 2.97. The van der Waals surface area contributed by atoms with E-state index in [1.54, 1.807) is 7.05 Å². The van der Waals surface area contributed by atoms with E-state index < -0.39 is 0 Å². The highest BCUT2D eigenvalue weighted by atomic mass is 35.5. The van der Waals surface area contributed by atoms with Crippen LogP contribution in [0.2, 0.25) is 5.02 Å². The molecule has 0 radical (unpaired) electrons. The third-order valence-corrected chi connectivity index (χ3v) is 2.85. The molecule has 2 rings (SSSR count). The number of hydrogen-bond acceptors (Lipinski definition) is 2. The first-order valence-corrected chi connectivity index (χ1v) is 5.50. The van der Waals surface area contributed by atoms with Crippen molar-refractivity contribution in [1.82, 2.24) is 4.98 Å². The fourth-order valence-corrected chi connectivity index (χ4v) is 1.90. The van der Waals surface area contributed by atoms with E-state index in [1.165, 1.54) is 12.1 Å². The normalized spacial score (nSPS) is 10.8. The zero-order valence-electron chi connectivity index (χ0n) is 9.14. The molecule has 0 amide bonds. The Labute approximate surface area is 98.4 Å². The van der Waals surface area contributed by atoms with E-state index in [0.717, 1.165) is 17.8 Å². The van der Waals surface area contributed by atoms with Crippen molar-refractivity contribution in [2.24, 2.45) is 0 Å². The topological polar surface area (TPSA) is 24.9 Å². The Balaban J connectivity index is 2.88. The molecule has 0 fully saturated rings. The fraction of sp³-hybridized carbons (Fsp3) is 0.250. The van der Waals surface area contributed by atoms with E-state index in [-0.39, 0.29) is 5.82 Å². The Morgan fingerprint density at radius 3 is 2.81 bits per heavy atom. The average molecular weight is 239 g/mol. The van der Waals surface area contributed by atoms with E-state index in [2.05, 4.69) is 10.3 Å². The van der Waals surface area contributed by atoms with Crippen LogP contribution >= 0.6 is 11.6 Å². The molecule has 16 heavy (non-hydrogen) atoms. The van der Waals surface area contributed by atoms with Crippen molar-refractivity contribution in [3.63, 3.8) is 0 Å². The van der Waals surface area contributed by atoms with Gasteiger partial charge in [0, 0.05) is 18.4 Å². The van der Waals surface area contributed by atoms with Gasteiger partial charge in [0.1, 0.15) is 5.82 Å². The molecular weight excluding hydrogens is 227 g/mol. The summed E-state index contributed by atoms with van der Waals surface area (Å²) in [5, 5.41) is 3.90. The van der Waals surface area contributed by atoms with Gasteiger partial charge in [-0.25, -0.2) is 4.39 Å². The largest absolute Gasteiger partial charge is 0.387 e. The predicted octanol–water partition coefficient (Wildman–Crippen LogP) is 3.63. The van der Waals surface area contributed by atoms with Crippen LogP contribution in [0.4, 0.5) is 10.1 Å². The predicted molar refractivity (Wildman–Crippen MR) is 65.6 cm³/mol. The van der Waals surface area contributed by atoms with Gasteiger partial charge in [-0.3, -0.25) is 4.98 Å². The van der Waals surface area contributed by atoms with Gasteiger partial charge >= 0.3 is 0 Å². The number of nitrogens with zero attached hydrogens (tertiary/aromatic N) is 1. The van der Waals surface area contributed by atoms with Crippen LogP contribution in [0.1, 0.15) is 12.6 Å². The second-order valence-electron chi connectivity index (χ2n) is 3.52. The third-order valence-electron chi connectivity index (χ3n) is 2.55. The SMILES string of the molecule is CCc1cc(NC)c2c(F)ccc(Cl)c2n1. The number of halogens is 2. The van der Waals surface area contributed by atoms with Crippen molar-refractivity contribution < 1.29 is 4.39 Å². The maximum atomic E-state index is 13.7. The van der Waals surface area contributed by atoms with Gasteiger partial charge in [-0.1, -0.05) is 18.5 Å². The van der Waals surface area contributed by atoms with E-state index in [1.807, 2.05) is 13.0 Å². The lowest BCUT2D eigenvalue weighted by atomic mass is 10.1. The highest BCUT2D eigenvalue weighted by Crippen LogP contribution is 2.30. The van der Waals surface area contributed by atoms with Crippen LogP contribution in [0.25, 0.3) is 10.9 Å². The van der Waals surface area contributed by atoms with Gasteiger partial charge < -0.3 is 5.32 Å². The van der Waals surface area contributed by atoms with Crippen molar-refractivity contribution in [2.75, 3.05) is 12.4 Å². The number of aromatic nitrogens is 1. The van der Waals surface area contributed by atoms with Crippen LogP contribution in [0.5, 0.6) is 0 Å². The summed E-state index contributed by atoms with van der Waals surface area (Å²) >= 11 is 6.03. The molecule has 0 spiro atoms. The van der Waals surface area contributed by atoms with Crippen LogP contribution < -0.4 is 5.32 Å². The lowest BCUT2D eigenvalue weighted by molar-refractivity contribution is 0.640. The second kappa shape index (κ2) is 4.26. The molecule has 0 aliphatic rings. The fourth-order valence-electron chi connectivity index (χ4n) is 1.70. The molecule has 1 N–H and O–H groups in total. The van der Waals surface area contributed by atoms with Crippen LogP contribution in [0.15, 0.2) is 18.2 Å². The van der Waals surface area contributed by atoms with Crippen molar-refractivity contribution >= 4 is 28.2 Å². The maximum Gasteiger partial charge on any atom is 0.134 e. The third kappa shape index (κ3) is 1.71. The first-order chi connectivity index (χ1) is 7.67. The molecule has 0 unspecified atom stereocenters. The summed E-state index contributed by atoms with van der Waals surface area (Å²) in [5.74, 6) is -0.307. The highest BCUT2D eigenvalue weighted by Gasteiger charge is 2.11. The molecule has 0 saturated heterocycles. The molecule has 0 saturated carbocycles. The van der Waals surface area contributed by atoms with Crippen LogP contribution in [-0.4, -0.2) is 12.0 Å². The number of pyridine rings is 1. The summed E-state index contributed by atoms with van der Waals surface area (Å²) in [5.41, 5.74) is 2.14. The van der Waals surface area contributed by atoms with Gasteiger partial charge in [-0.15, -0.1) is 0 Å². The first kappa shape index (κ1) is 11.1. The summed E-state index contributed by atoms with van der Waals surface area (Å²) < 4.78 is 13.7. The summed E-state index contributed by atoms with van der Waals surface area (Å²) in [7, 11) is 1.76. The van der Waals surface area contributed by atoms with Crippen LogP contribution in [0.3, 0.4) is 0 Å². The smallest absolute Gasteiger partial charge is 0.134 e. The summed E-state index contributed by atoms with van der Waals surface area (Å²) in [6, 6.07) is 4.74. The van der Waals surface area contributed by atoms with Gasteiger partial charge in [0.15, 0.2) is 0 Å². The minimum atomic E-state index is -0.307. The Hall–Kier alpha value is -1.35. The van der Waals surface area contributed by atoms with Crippen LogP contribution in [0, 0.1) is 5.82 Å². The van der Waals surface area contributed by atoms with Crippen molar-refractivity contribution in [2.45, 2.75) is 13.3 Å². The lowest BCUT2D eigenvalue weighted by Crippen LogP contribution is -1.97. The van der Waals surface area contributed by atoms with Crippen LogP contribution in [-0.2, 0) is 6.42 Å². The molecular formula is C12H12ClFN2. The molecule has 1 aromatic heterocycles. The highest BCUT2D eigenvalue weighted by molar-refractivity contribution is 6.35. The Morgan fingerprint density at radius 1 is 1.44 bits per heavy atom. The van der Waals surface area contributed by atoms with E-state index in [0.29, 0.717) is 15.9 Å². The maximum absolute atomic E-state index is 13.7. The molecule has 1 aromatic carbocycles. The van der Waals surface area contributed by atoms with E-state index >= 15 is 0 Å². The second-order valence-corrected chi connectivity index (χ2v) is 3.92. The van der Waals surface area contributed by atoms with Crippen molar-refractivity contribution in [3.8, 4) is 0 Å². The molecule has 4 heteroatoms. The molecule has 0 atom stereocenters. The molecule has 0 bridgehead atoms. The Bertz CT molecular complexity index is 540. The minimum Gasteiger partial charge on any atom is -0.387 e. The average Bonchev–Trinajstić information content (AvgIpc) is 2.32. The summed E-state index contributed by atoms with van der Waals surface area (Å²) in [4.78, 5) is 4.35. The zero-order valence-corrected chi connectivity index (χ0v) is 9.90. The molecule has 0 aliphatic carbocycles. The number of benzene rings is 1. The monoisotopic (exact) mass is 238 g/mol. The molecule has 84 valence electrons. The lowest BCUT2D eigenvalue weighted by Gasteiger charge is -2.10.